The lowest BCUT2D eigenvalue weighted by atomic mass is 10.1. The summed E-state index contributed by atoms with van der Waals surface area (Å²) >= 11 is 0. The van der Waals surface area contributed by atoms with E-state index in [0.29, 0.717) is 0 Å². The van der Waals surface area contributed by atoms with Crippen molar-refractivity contribution in [1.82, 2.24) is 0 Å². The van der Waals surface area contributed by atoms with Crippen molar-refractivity contribution < 1.29 is 0 Å². The van der Waals surface area contributed by atoms with E-state index in [1.54, 1.807) is 0 Å². The number of aryl methyl sites for hydroxylation is 1. The summed E-state index contributed by atoms with van der Waals surface area (Å²) in [6, 6.07) is 18.8. The molecule has 0 radical (unpaired) electrons. The molecule has 0 aliphatic heterocycles. The van der Waals surface area contributed by atoms with E-state index in [0.717, 1.165) is 12.3 Å². The molecule has 0 amide bonds. The van der Waals surface area contributed by atoms with Gasteiger partial charge in [0.05, 0.1) is 6.54 Å². The van der Waals surface area contributed by atoms with Gasteiger partial charge < -0.3 is 0 Å². The van der Waals surface area contributed by atoms with Crippen LogP contribution in [0.15, 0.2) is 59.6 Å². The number of rotatable bonds is 3. The number of aliphatic imine (C=N–C) groups is 1. The number of hydrogen-bond donors (Lipinski definition) is 0. The highest BCUT2D eigenvalue weighted by atomic mass is 14.7. The largest absolute Gasteiger partial charge is 0.285 e. The minimum Gasteiger partial charge on any atom is -0.285 e. The molecule has 0 bridgehead atoms. The molecule has 1 heteroatoms. The fourth-order valence-corrected chi connectivity index (χ4v) is 1.67. The molecule has 2 aromatic rings. The zero-order valence-electron chi connectivity index (χ0n) is 10.4. The Morgan fingerprint density at radius 2 is 1.59 bits per heavy atom. The average Bonchev–Trinajstić information content (AvgIpc) is 2.39. The zero-order valence-corrected chi connectivity index (χ0v) is 10.4. The van der Waals surface area contributed by atoms with Gasteiger partial charge in [-0.25, -0.2) is 0 Å². The second-order valence-electron chi connectivity index (χ2n) is 4.25. The SMILES string of the molecule is CC(=NCc1ccc(C)cc1)c1ccccc1. The van der Waals surface area contributed by atoms with Crippen molar-refractivity contribution in [2.24, 2.45) is 4.99 Å². The highest BCUT2D eigenvalue weighted by Gasteiger charge is 1.95. The van der Waals surface area contributed by atoms with Crippen molar-refractivity contribution in [2.45, 2.75) is 20.4 Å². The third-order valence-corrected chi connectivity index (χ3v) is 2.81. The maximum atomic E-state index is 4.61. The van der Waals surface area contributed by atoms with Gasteiger partial charge in [0.15, 0.2) is 0 Å². The smallest absolute Gasteiger partial charge is 0.0643 e. The lowest BCUT2D eigenvalue weighted by Crippen LogP contribution is -1.95. The van der Waals surface area contributed by atoms with Crippen LogP contribution in [0.1, 0.15) is 23.6 Å². The van der Waals surface area contributed by atoms with E-state index in [4.69, 9.17) is 0 Å². The summed E-state index contributed by atoms with van der Waals surface area (Å²) in [5.74, 6) is 0. The van der Waals surface area contributed by atoms with Crippen molar-refractivity contribution in [3.8, 4) is 0 Å². The van der Waals surface area contributed by atoms with Crippen LogP contribution >= 0.6 is 0 Å². The fraction of sp³-hybridized carbons (Fsp3) is 0.188. The standard InChI is InChI=1S/C16H17N/c1-13-8-10-15(11-9-13)12-17-14(2)16-6-4-3-5-7-16/h3-11H,12H2,1-2H3. The minimum atomic E-state index is 0.751. The van der Waals surface area contributed by atoms with Gasteiger partial charge in [-0.1, -0.05) is 60.2 Å². The molecular weight excluding hydrogens is 206 g/mol. The van der Waals surface area contributed by atoms with Gasteiger partial charge in [0, 0.05) is 5.71 Å². The van der Waals surface area contributed by atoms with Gasteiger partial charge in [-0.3, -0.25) is 4.99 Å². The molecule has 0 unspecified atom stereocenters. The molecule has 2 rings (SSSR count). The Labute approximate surface area is 103 Å². The maximum Gasteiger partial charge on any atom is 0.0643 e. The summed E-state index contributed by atoms with van der Waals surface area (Å²) in [6.07, 6.45) is 0. The van der Waals surface area contributed by atoms with E-state index in [-0.39, 0.29) is 0 Å². The first-order valence-corrected chi connectivity index (χ1v) is 5.88. The lowest BCUT2D eigenvalue weighted by molar-refractivity contribution is 1.06. The van der Waals surface area contributed by atoms with Crippen molar-refractivity contribution in [3.63, 3.8) is 0 Å². The van der Waals surface area contributed by atoms with Crippen LogP contribution in [0.5, 0.6) is 0 Å². The summed E-state index contributed by atoms with van der Waals surface area (Å²) in [6.45, 7) is 4.91. The van der Waals surface area contributed by atoms with Crippen molar-refractivity contribution in [1.29, 1.82) is 0 Å². The van der Waals surface area contributed by atoms with Gasteiger partial charge in [0.25, 0.3) is 0 Å². The quantitative estimate of drug-likeness (QED) is 0.697. The Balaban J connectivity index is 2.08. The molecule has 1 nitrogen and oxygen atoms in total. The molecule has 0 saturated heterocycles. The van der Waals surface area contributed by atoms with E-state index in [9.17, 15) is 0 Å². The predicted octanol–water partition coefficient (Wildman–Crippen LogP) is 4.00. The third kappa shape index (κ3) is 3.28. The van der Waals surface area contributed by atoms with Gasteiger partial charge >= 0.3 is 0 Å². The molecule has 0 atom stereocenters. The van der Waals surface area contributed by atoms with E-state index in [2.05, 4.69) is 55.2 Å². The monoisotopic (exact) mass is 223 g/mol. The molecule has 0 aromatic heterocycles. The fourth-order valence-electron chi connectivity index (χ4n) is 1.67. The summed E-state index contributed by atoms with van der Waals surface area (Å²) < 4.78 is 0. The molecule has 0 N–H and O–H groups in total. The van der Waals surface area contributed by atoms with Gasteiger partial charge in [0.2, 0.25) is 0 Å². The van der Waals surface area contributed by atoms with Crippen LogP contribution in [0.2, 0.25) is 0 Å². The van der Waals surface area contributed by atoms with E-state index in [1.807, 2.05) is 18.2 Å². The predicted molar refractivity (Wildman–Crippen MR) is 73.5 cm³/mol. The van der Waals surface area contributed by atoms with Crippen molar-refractivity contribution in [3.05, 3.63) is 71.3 Å². The maximum absolute atomic E-state index is 4.61. The van der Waals surface area contributed by atoms with Crippen LogP contribution in [0.3, 0.4) is 0 Å². The van der Waals surface area contributed by atoms with Gasteiger partial charge in [-0.05, 0) is 25.0 Å². The van der Waals surface area contributed by atoms with Crippen LogP contribution < -0.4 is 0 Å². The van der Waals surface area contributed by atoms with Crippen LogP contribution in [-0.2, 0) is 6.54 Å². The first-order chi connectivity index (χ1) is 8.25. The summed E-state index contributed by atoms with van der Waals surface area (Å²) in [5, 5.41) is 0. The highest BCUT2D eigenvalue weighted by molar-refractivity contribution is 5.98. The van der Waals surface area contributed by atoms with E-state index >= 15 is 0 Å². The molecular formula is C16H17N. The molecule has 0 fully saturated rings. The van der Waals surface area contributed by atoms with E-state index < -0.39 is 0 Å². The Hall–Kier alpha value is -1.89. The average molecular weight is 223 g/mol. The van der Waals surface area contributed by atoms with Crippen LogP contribution in [-0.4, -0.2) is 5.71 Å². The summed E-state index contributed by atoms with van der Waals surface area (Å²) in [4.78, 5) is 4.61. The summed E-state index contributed by atoms with van der Waals surface area (Å²) in [7, 11) is 0. The lowest BCUT2D eigenvalue weighted by Gasteiger charge is -2.02. The Morgan fingerprint density at radius 1 is 0.941 bits per heavy atom. The molecule has 17 heavy (non-hydrogen) atoms. The first-order valence-electron chi connectivity index (χ1n) is 5.88. The van der Waals surface area contributed by atoms with Crippen LogP contribution in [0.25, 0.3) is 0 Å². The molecule has 0 heterocycles. The third-order valence-electron chi connectivity index (χ3n) is 2.81. The molecule has 0 aliphatic carbocycles. The Morgan fingerprint density at radius 3 is 2.24 bits per heavy atom. The van der Waals surface area contributed by atoms with E-state index in [1.165, 1.54) is 16.7 Å². The second kappa shape index (κ2) is 5.44. The topological polar surface area (TPSA) is 12.4 Å². The van der Waals surface area contributed by atoms with Gasteiger partial charge in [-0.15, -0.1) is 0 Å². The molecule has 0 saturated carbocycles. The first kappa shape index (κ1) is 11.6. The minimum absolute atomic E-state index is 0.751. The normalized spacial score (nSPS) is 11.5. The van der Waals surface area contributed by atoms with Gasteiger partial charge in [0.1, 0.15) is 0 Å². The molecule has 2 aromatic carbocycles. The number of hydrogen-bond acceptors (Lipinski definition) is 1. The molecule has 86 valence electrons. The van der Waals surface area contributed by atoms with Gasteiger partial charge in [-0.2, -0.15) is 0 Å². The molecule has 0 aliphatic rings. The van der Waals surface area contributed by atoms with Crippen LogP contribution in [0.4, 0.5) is 0 Å². The Bertz CT molecular complexity index is 495. The second-order valence-corrected chi connectivity index (χ2v) is 4.25. The molecule has 0 spiro atoms. The number of nitrogens with zero attached hydrogens (tertiary/aromatic N) is 1. The summed E-state index contributed by atoms with van der Waals surface area (Å²) in [5.41, 5.74) is 4.83. The van der Waals surface area contributed by atoms with Crippen molar-refractivity contribution in [2.75, 3.05) is 0 Å². The number of benzene rings is 2. The van der Waals surface area contributed by atoms with Crippen molar-refractivity contribution >= 4 is 5.71 Å². The van der Waals surface area contributed by atoms with Crippen LogP contribution in [0, 0.1) is 6.92 Å². The zero-order chi connectivity index (χ0) is 12.1. The highest BCUT2D eigenvalue weighted by Crippen LogP contribution is 2.06. The Kier molecular flexibility index (Phi) is 3.71.